The molecule has 0 saturated carbocycles. The average molecular weight is 299 g/mol. The third-order valence-corrected chi connectivity index (χ3v) is 4.53. The summed E-state index contributed by atoms with van der Waals surface area (Å²) in [6, 6.07) is 0.541. The maximum Gasteiger partial charge on any atom is 0.287 e. The van der Waals surface area contributed by atoms with Crippen LogP contribution in [0.4, 0.5) is 5.69 Å². The smallest absolute Gasteiger partial charge is 0.287 e. The van der Waals surface area contributed by atoms with Gasteiger partial charge in [0, 0.05) is 26.2 Å². The van der Waals surface area contributed by atoms with Crippen molar-refractivity contribution in [2.45, 2.75) is 32.7 Å². The third-order valence-electron chi connectivity index (χ3n) is 4.17. The lowest BCUT2D eigenvalue weighted by Gasteiger charge is -2.36. The molecule has 5 nitrogen and oxygen atoms in total. The molecular formula is C14H23ClN4O. The highest BCUT2D eigenvalue weighted by Crippen LogP contribution is 2.27. The van der Waals surface area contributed by atoms with Crippen molar-refractivity contribution in [3.05, 3.63) is 21.6 Å². The van der Waals surface area contributed by atoms with Crippen molar-refractivity contribution in [2.24, 2.45) is 13.0 Å². The first-order valence-electron chi connectivity index (χ1n) is 7.24. The van der Waals surface area contributed by atoms with Crippen LogP contribution < -0.4 is 15.8 Å². The van der Waals surface area contributed by atoms with Crippen molar-refractivity contribution in [1.29, 1.82) is 0 Å². The van der Waals surface area contributed by atoms with E-state index in [1.807, 2.05) is 0 Å². The van der Waals surface area contributed by atoms with Crippen molar-refractivity contribution < 1.29 is 0 Å². The van der Waals surface area contributed by atoms with Gasteiger partial charge in [-0.25, -0.2) is 4.68 Å². The quantitative estimate of drug-likeness (QED) is 0.918. The van der Waals surface area contributed by atoms with Crippen LogP contribution in [0.5, 0.6) is 0 Å². The summed E-state index contributed by atoms with van der Waals surface area (Å²) < 4.78 is 1.27. The van der Waals surface area contributed by atoms with Gasteiger partial charge in [-0.2, -0.15) is 5.10 Å². The minimum Gasteiger partial charge on any atom is -0.369 e. The zero-order valence-electron chi connectivity index (χ0n) is 12.4. The Hall–Kier alpha value is -1.07. The van der Waals surface area contributed by atoms with E-state index in [9.17, 15) is 4.79 Å². The molecule has 0 spiro atoms. The molecule has 1 atom stereocenters. The molecule has 112 valence electrons. The van der Waals surface area contributed by atoms with Gasteiger partial charge in [0.05, 0.1) is 11.9 Å². The number of aryl methyl sites for hydroxylation is 1. The summed E-state index contributed by atoms with van der Waals surface area (Å²) in [6.07, 6.45) is 3.91. The molecule has 1 aliphatic heterocycles. The van der Waals surface area contributed by atoms with Gasteiger partial charge >= 0.3 is 0 Å². The Labute approximate surface area is 124 Å². The summed E-state index contributed by atoms with van der Waals surface area (Å²) in [4.78, 5) is 14.0. The lowest BCUT2D eigenvalue weighted by Crippen LogP contribution is -2.42. The zero-order valence-corrected chi connectivity index (χ0v) is 13.2. The second-order valence-electron chi connectivity index (χ2n) is 5.44. The van der Waals surface area contributed by atoms with E-state index in [4.69, 9.17) is 11.6 Å². The third kappa shape index (κ3) is 3.15. The normalized spacial score (nSPS) is 18.3. The van der Waals surface area contributed by atoms with E-state index in [2.05, 4.69) is 29.2 Å². The lowest BCUT2D eigenvalue weighted by molar-refractivity contribution is 0.314. The van der Waals surface area contributed by atoms with Crippen LogP contribution in [-0.2, 0) is 7.05 Å². The van der Waals surface area contributed by atoms with Crippen LogP contribution in [0.1, 0.15) is 26.7 Å². The molecule has 0 amide bonds. The molecule has 1 aromatic heterocycles. The number of piperidine rings is 1. The molecule has 1 aliphatic rings. The molecule has 0 radical (unpaired) electrons. The molecule has 1 aromatic rings. The molecule has 1 saturated heterocycles. The van der Waals surface area contributed by atoms with Gasteiger partial charge in [-0.1, -0.05) is 18.5 Å². The number of hydrogen-bond donors (Lipinski definition) is 1. The summed E-state index contributed by atoms with van der Waals surface area (Å²) in [5.41, 5.74) is 0.539. The van der Waals surface area contributed by atoms with Crippen molar-refractivity contribution in [1.82, 2.24) is 15.1 Å². The Morgan fingerprint density at radius 3 is 2.75 bits per heavy atom. The maximum absolute atomic E-state index is 11.8. The number of rotatable bonds is 4. The fraction of sp³-hybridized carbons (Fsp3) is 0.714. The van der Waals surface area contributed by atoms with Gasteiger partial charge in [0.1, 0.15) is 5.02 Å². The van der Waals surface area contributed by atoms with E-state index < -0.39 is 0 Å². The van der Waals surface area contributed by atoms with Gasteiger partial charge in [0.15, 0.2) is 0 Å². The predicted octanol–water partition coefficient (Wildman–Crippen LogP) is 1.65. The van der Waals surface area contributed by atoms with Crippen LogP contribution in [-0.4, -0.2) is 35.5 Å². The first kappa shape index (κ1) is 15.3. The molecule has 1 unspecified atom stereocenters. The zero-order chi connectivity index (χ0) is 14.7. The van der Waals surface area contributed by atoms with E-state index in [-0.39, 0.29) is 10.6 Å². The fourth-order valence-corrected chi connectivity index (χ4v) is 3.14. The highest BCUT2D eigenvalue weighted by Gasteiger charge is 2.25. The van der Waals surface area contributed by atoms with E-state index in [0.717, 1.165) is 38.2 Å². The number of nitrogens with one attached hydrogen (secondary N) is 1. The Morgan fingerprint density at radius 2 is 2.15 bits per heavy atom. The highest BCUT2D eigenvalue weighted by atomic mass is 35.5. The molecule has 1 fully saturated rings. The molecular weight excluding hydrogens is 276 g/mol. The van der Waals surface area contributed by atoms with Gasteiger partial charge in [-0.3, -0.25) is 4.79 Å². The fourth-order valence-electron chi connectivity index (χ4n) is 2.85. The molecule has 2 rings (SSSR count). The first-order valence-corrected chi connectivity index (χ1v) is 7.62. The summed E-state index contributed by atoms with van der Waals surface area (Å²) in [7, 11) is 1.61. The molecule has 6 heteroatoms. The van der Waals surface area contributed by atoms with E-state index in [0.29, 0.717) is 12.0 Å². The second kappa shape index (κ2) is 6.59. The van der Waals surface area contributed by atoms with Crippen LogP contribution in [0.15, 0.2) is 11.0 Å². The summed E-state index contributed by atoms with van der Waals surface area (Å²) in [5.74, 6) is 0.685. The van der Waals surface area contributed by atoms with Crippen LogP contribution in [0.3, 0.4) is 0 Å². The van der Waals surface area contributed by atoms with Crippen LogP contribution in [0, 0.1) is 5.92 Å². The minimum absolute atomic E-state index is 0.229. The van der Waals surface area contributed by atoms with Gasteiger partial charge in [-0.05, 0) is 32.2 Å². The molecule has 1 N–H and O–H groups in total. The average Bonchev–Trinajstić information content (AvgIpc) is 2.45. The lowest BCUT2D eigenvalue weighted by atomic mass is 9.90. The molecule has 20 heavy (non-hydrogen) atoms. The molecule has 0 aromatic carbocycles. The Morgan fingerprint density at radius 1 is 1.50 bits per heavy atom. The summed E-state index contributed by atoms with van der Waals surface area (Å²) in [6.45, 7) is 7.24. The number of halogens is 1. The van der Waals surface area contributed by atoms with Gasteiger partial charge in [0.25, 0.3) is 5.56 Å². The Balaban J connectivity index is 2.04. The topological polar surface area (TPSA) is 50.2 Å². The Kier molecular flexibility index (Phi) is 5.05. The van der Waals surface area contributed by atoms with Crippen molar-refractivity contribution in [3.63, 3.8) is 0 Å². The van der Waals surface area contributed by atoms with E-state index in [1.54, 1.807) is 13.2 Å². The minimum atomic E-state index is -0.229. The molecule has 0 bridgehead atoms. The van der Waals surface area contributed by atoms with Crippen LogP contribution in [0.2, 0.25) is 5.02 Å². The monoisotopic (exact) mass is 298 g/mol. The van der Waals surface area contributed by atoms with Gasteiger partial charge in [-0.15, -0.1) is 0 Å². The molecule has 0 aliphatic carbocycles. The van der Waals surface area contributed by atoms with Gasteiger partial charge < -0.3 is 10.2 Å². The predicted molar refractivity (Wildman–Crippen MR) is 82.6 cm³/mol. The first-order chi connectivity index (χ1) is 9.54. The van der Waals surface area contributed by atoms with Crippen molar-refractivity contribution >= 4 is 17.3 Å². The number of hydrogen-bond acceptors (Lipinski definition) is 4. The summed E-state index contributed by atoms with van der Waals surface area (Å²) in [5, 5.41) is 7.83. The largest absolute Gasteiger partial charge is 0.369 e. The maximum atomic E-state index is 11.8. The molecule has 2 heterocycles. The van der Waals surface area contributed by atoms with Crippen molar-refractivity contribution in [3.8, 4) is 0 Å². The Bertz CT molecular complexity index is 508. The van der Waals surface area contributed by atoms with Crippen LogP contribution >= 0.6 is 11.6 Å². The van der Waals surface area contributed by atoms with Crippen LogP contribution in [0.25, 0.3) is 0 Å². The van der Waals surface area contributed by atoms with Gasteiger partial charge in [0.2, 0.25) is 0 Å². The second-order valence-corrected chi connectivity index (χ2v) is 5.82. The SMILES string of the molecule is CCNC(C)C1CCN(c2cnn(C)c(=O)c2Cl)CC1. The van der Waals surface area contributed by atoms with E-state index in [1.165, 1.54) is 4.68 Å². The number of nitrogens with zero attached hydrogens (tertiary/aromatic N) is 3. The summed E-state index contributed by atoms with van der Waals surface area (Å²) >= 11 is 6.15. The number of anilines is 1. The number of aromatic nitrogens is 2. The van der Waals surface area contributed by atoms with Crippen molar-refractivity contribution in [2.75, 3.05) is 24.5 Å². The highest BCUT2D eigenvalue weighted by molar-refractivity contribution is 6.33. The van der Waals surface area contributed by atoms with E-state index >= 15 is 0 Å². The standard InChI is InChI=1S/C14H23ClN4O/c1-4-16-10(2)11-5-7-19(8-6-11)12-9-17-18(3)14(20)13(12)15/h9-11,16H,4-8H2,1-3H3.